The van der Waals surface area contributed by atoms with Crippen LogP contribution in [0.4, 0.5) is 0 Å². The highest BCUT2D eigenvalue weighted by atomic mass is 16.3. The summed E-state index contributed by atoms with van der Waals surface area (Å²) in [4.78, 5) is 15.3. The van der Waals surface area contributed by atoms with Crippen molar-refractivity contribution in [3.63, 3.8) is 0 Å². The molecule has 0 unspecified atom stereocenters. The molecule has 0 fully saturated rings. The first kappa shape index (κ1) is 29.0. The lowest BCUT2D eigenvalue weighted by Gasteiger charge is -2.12. The molecule has 0 aliphatic rings. The normalized spacial score (nSPS) is 11.5. The van der Waals surface area contributed by atoms with Gasteiger partial charge in [-0.15, -0.1) is 0 Å². The zero-order valence-electron chi connectivity index (χ0n) is 27.5. The number of aromatic nitrogens is 3. The number of fused-ring (bicyclic) bond motifs is 5. The first-order chi connectivity index (χ1) is 25.2. The van der Waals surface area contributed by atoms with Gasteiger partial charge in [0.15, 0.2) is 17.5 Å². The van der Waals surface area contributed by atoms with Crippen LogP contribution in [0.1, 0.15) is 0 Å². The highest BCUT2D eigenvalue weighted by Crippen LogP contribution is 2.39. The van der Waals surface area contributed by atoms with Gasteiger partial charge in [0.2, 0.25) is 0 Å². The van der Waals surface area contributed by atoms with Gasteiger partial charge in [0.05, 0.1) is 0 Å². The van der Waals surface area contributed by atoms with E-state index >= 15 is 0 Å². The van der Waals surface area contributed by atoms with E-state index in [-0.39, 0.29) is 0 Å². The Balaban J connectivity index is 1.12. The summed E-state index contributed by atoms with van der Waals surface area (Å²) in [6, 6.07) is 61.0. The maximum atomic E-state index is 6.37. The molecule has 0 atom stereocenters. The second-order valence-corrected chi connectivity index (χ2v) is 12.8. The highest BCUT2D eigenvalue weighted by Gasteiger charge is 2.17. The second kappa shape index (κ2) is 11.9. The van der Waals surface area contributed by atoms with E-state index in [0.717, 1.165) is 66.3 Å². The number of hydrogen-bond donors (Lipinski definition) is 0. The van der Waals surface area contributed by atoms with E-state index < -0.39 is 0 Å². The van der Waals surface area contributed by atoms with Gasteiger partial charge in [-0.1, -0.05) is 152 Å². The van der Waals surface area contributed by atoms with Gasteiger partial charge < -0.3 is 4.42 Å². The molecule has 0 bridgehead atoms. The fourth-order valence-electron chi connectivity index (χ4n) is 7.18. The average Bonchev–Trinajstić information content (AvgIpc) is 3.57. The van der Waals surface area contributed by atoms with Crippen molar-refractivity contribution in [2.24, 2.45) is 0 Å². The number of nitrogens with zero attached hydrogens (tertiary/aromatic N) is 3. The molecule has 2 heterocycles. The summed E-state index contributed by atoms with van der Waals surface area (Å²) in [6.45, 7) is 0. The Morgan fingerprint density at radius 1 is 0.314 bits per heavy atom. The third kappa shape index (κ3) is 5.13. The van der Waals surface area contributed by atoms with Gasteiger partial charge >= 0.3 is 0 Å². The Hall–Kier alpha value is -6.91. The van der Waals surface area contributed by atoms with Crippen molar-refractivity contribution in [2.75, 3.05) is 0 Å². The molecule has 10 rings (SSSR count). The third-order valence-corrected chi connectivity index (χ3v) is 9.71. The molecule has 4 nitrogen and oxygen atoms in total. The summed E-state index contributed by atoms with van der Waals surface area (Å²) in [7, 11) is 0. The molecule has 2 aromatic heterocycles. The Bertz CT molecular complexity index is 2910. The maximum Gasteiger partial charge on any atom is 0.164 e. The van der Waals surface area contributed by atoms with Gasteiger partial charge in [-0.2, -0.15) is 0 Å². The first-order valence-corrected chi connectivity index (χ1v) is 17.1. The third-order valence-electron chi connectivity index (χ3n) is 9.71. The van der Waals surface area contributed by atoms with Crippen molar-refractivity contribution in [3.8, 4) is 56.4 Å². The molecule has 0 aliphatic heterocycles. The van der Waals surface area contributed by atoms with Crippen molar-refractivity contribution in [3.05, 3.63) is 176 Å². The van der Waals surface area contributed by atoms with Crippen LogP contribution in [0.25, 0.3) is 99.9 Å². The molecule has 0 amide bonds. The highest BCUT2D eigenvalue weighted by molar-refractivity contribution is 6.15. The lowest BCUT2D eigenvalue weighted by molar-refractivity contribution is 0.669. The topological polar surface area (TPSA) is 51.8 Å². The maximum absolute atomic E-state index is 6.37. The van der Waals surface area contributed by atoms with Crippen molar-refractivity contribution < 1.29 is 4.42 Å². The molecule has 0 aliphatic carbocycles. The van der Waals surface area contributed by atoms with Crippen LogP contribution in [-0.2, 0) is 0 Å². The monoisotopic (exact) mass is 651 g/mol. The van der Waals surface area contributed by atoms with Crippen LogP contribution in [0.15, 0.2) is 180 Å². The average molecular weight is 652 g/mol. The predicted octanol–water partition coefficient (Wildman–Crippen LogP) is 12.4. The van der Waals surface area contributed by atoms with E-state index in [1.807, 2.05) is 18.2 Å². The Morgan fingerprint density at radius 2 is 0.863 bits per heavy atom. The van der Waals surface area contributed by atoms with Crippen molar-refractivity contribution in [2.45, 2.75) is 0 Å². The summed E-state index contributed by atoms with van der Waals surface area (Å²) in [5, 5.41) is 6.91. The van der Waals surface area contributed by atoms with Crippen molar-refractivity contribution in [1.29, 1.82) is 0 Å². The molecule has 51 heavy (non-hydrogen) atoms. The van der Waals surface area contributed by atoms with E-state index in [4.69, 9.17) is 19.4 Å². The summed E-state index contributed by atoms with van der Waals surface area (Å²) in [5.41, 5.74) is 8.98. The van der Waals surface area contributed by atoms with Gasteiger partial charge in [0, 0.05) is 27.5 Å². The minimum atomic E-state index is 0.621. The number of hydrogen-bond acceptors (Lipinski definition) is 4. The minimum absolute atomic E-state index is 0.621. The van der Waals surface area contributed by atoms with E-state index in [1.54, 1.807) is 0 Å². The lowest BCUT2D eigenvalue weighted by atomic mass is 9.97. The molecule has 238 valence electrons. The van der Waals surface area contributed by atoms with Crippen LogP contribution < -0.4 is 0 Å². The molecule has 0 spiro atoms. The molecule has 0 saturated heterocycles. The smallest absolute Gasteiger partial charge is 0.164 e. The molecule has 0 radical (unpaired) electrons. The lowest BCUT2D eigenvalue weighted by Crippen LogP contribution is -2.01. The number of rotatable bonds is 5. The minimum Gasteiger partial charge on any atom is -0.456 e. The Morgan fingerprint density at radius 3 is 1.65 bits per heavy atom. The van der Waals surface area contributed by atoms with Crippen LogP contribution in [0.3, 0.4) is 0 Å². The van der Waals surface area contributed by atoms with Gasteiger partial charge in [-0.25, -0.2) is 15.0 Å². The quantitative estimate of drug-likeness (QED) is 0.186. The van der Waals surface area contributed by atoms with Crippen molar-refractivity contribution >= 4 is 43.5 Å². The fourth-order valence-corrected chi connectivity index (χ4v) is 7.18. The molecule has 0 saturated carbocycles. The van der Waals surface area contributed by atoms with Crippen LogP contribution in [-0.4, -0.2) is 15.0 Å². The summed E-state index contributed by atoms with van der Waals surface area (Å²) < 4.78 is 6.37. The number of benzene rings is 8. The van der Waals surface area contributed by atoms with Crippen LogP contribution in [0, 0.1) is 0 Å². The number of furan rings is 1. The van der Waals surface area contributed by atoms with E-state index in [2.05, 4.69) is 158 Å². The van der Waals surface area contributed by atoms with E-state index in [1.165, 1.54) is 16.2 Å². The molecular formula is C47H29N3O. The standard InChI is InChI=1S/C47H29N3O/c1-2-12-31(13-3-1)38-17-8-9-18-40(38)47-49-45(48-46(50-47)37-26-21-30-11-4-5-14-34(30)27-37)33-24-22-32(23-25-33)39-19-10-20-42-44(39)41-28-35-15-6-7-16-36(35)29-43(41)51-42/h1-29H. The Kier molecular flexibility index (Phi) is 6.78. The largest absolute Gasteiger partial charge is 0.456 e. The van der Waals surface area contributed by atoms with Crippen LogP contribution >= 0.6 is 0 Å². The van der Waals surface area contributed by atoms with E-state index in [0.29, 0.717) is 17.5 Å². The predicted molar refractivity (Wildman–Crippen MR) is 209 cm³/mol. The van der Waals surface area contributed by atoms with E-state index in [9.17, 15) is 0 Å². The second-order valence-electron chi connectivity index (χ2n) is 12.8. The van der Waals surface area contributed by atoms with Crippen molar-refractivity contribution in [1.82, 2.24) is 15.0 Å². The zero-order chi connectivity index (χ0) is 33.7. The van der Waals surface area contributed by atoms with Gasteiger partial charge in [0.25, 0.3) is 0 Å². The van der Waals surface area contributed by atoms with Gasteiger partial charge in [0.1, 0.15) is 11.2 Å². The first-order valence-electron chi connectivity index (χ1n) is 17.1. The summed E-state index contributed by atoms with van der Waals surface area (Å²) in [6.07, 6.45) is 0. The molecule has 0 N–H and O–H groups in total. The zero-order valence-corrected chi connectivity index (χ0v) is 27.5. The SMILES string of the molecule is c1ccc(-c2ccccc2-c2nc(-c3ccc(-c4cccc5oc6cc7ccccc7cc6c45)cc3)nc(-c3ccc4ccccc4c3)n2)cc1. The van der Waals surface area contributed by atoms with Crippen LogP contribution in [0.2, 0.25) is 0 Å². The molecular weight excluding hydrogens is 623 g/mol. The fraction of sp³-hybridized carbons (Fsp3) is 0. The van der Waals surface area contributed by atoms with Gasteiger partial charge in [-0.05, 0) is 68.1 Å². The molecule has 4 heteroatoms. The molecule has 10 aromatic rings. The summed E-state index contributed by atoms with van der Waals surface area (Å²) >= 11 is 0. The van der Waals surface area contributed by atoms with Gasteiger partial charge in [-0.3, -0.25) is 0 Å². The molecule has 8 aromatic carbocycles. The van der Waals surface area contributed by atoms with Crippen LogP contribution in [0.5, 0.6) is 0 Å². The summed E-state index contributed by atoms with van der Waals surface area (Å²) in [5.74, 6) is 1.89. The Labute approximate surface area is 294 Å².